The topological polar surface area (TPSA) is 67.6 Å². The number of carbonyl (C=O) groups is 1. The van der Waals surface area contributed by atoms with E-state index in [0.717, 1.165) is 48.8 Å². The standard InChI is InChI=1S/C14H19N3O2/c1-2-10-8-19-4-3-17(10)13-7-12-9(5-11(13)15)6-14(18)16-12/h5,7,10H,2-4,6,8,15H2,1H3,(H,16,18). The maximum Gasteiger partial charge on any atom is 0.228 e. The van der Waals surface area contributed by atoms with Crippen LogP contribution in [-0.2, 0) is 16.0 Å². The first-order chi connectivity index (χ1) is 9.19. The Morgan fingerprint density at radius 3 is 3.16 bits per heavy atom. The Kier molecular flexibility index (Phi) is 3.06. The minimum atomic E-state index is 0.0422. The highest BCUT2D eigenvalue weighted by atomic mass is 16.5. The van der Waals surface area contributed by atoms with Crippen LogP contribution in [-0.4, -0.2) is 31.7 Å². The third-order valence-electron chi connectivity index (χ3n) is 3.89. The average Bonchev–Trinajstić information content (AvgIpc) is 2.77. The van der Waals surface area contributed by atoms with E-state index >= 15 is 0 Å². The van der Waals surface area contributed by atoms with Crippen LogP contribution in [0.5, 0.6) is 0 Å². The molecule has 5 heteroatoms. The molecule has 1 aromatic rings. The summed E-state index contributed by atoms with van der Waals surface area (Å²) < 4.78 is 5.52. The first kappa shape index (κ1) is 12.3. The van der Waals surface area contributed by atoms with E-state index in [-0.39, 0.29) is 5.91 Å². The number of rotatable bonds is 2. The zero-order valence-corrected chi connectivity index (χ0v) is 11.1. The van der Waals surface area contributed by atoms with Crippen LogP contribution in [0, 0.1) is 0 Å². The molecule has 3 rings (SSSR count). The average molecular weight is 261 g/mol. The summed E-state index contributed by atoms with van der Waals surface area (Å²) in [5, 5.41) is 2.88. The van der Waals surface area contributed by atoms with Crippen molar-refractivity contribution in [3.05, 3.63) is 17.7 Å². The Labute approximate surface area is 112 Å². The number of fused-ring (bicyclic) bond motifs is 1. The van der Waals surface area contributed by atoms with Gasteiger partial charge in [-0.15, -0.1) is 0 Å². The van der Waals surface area contributed by atoms with Crippen molar-refractivity contribution in [2.24, 2.45) is 0 Å². The van der Waals surface area contributed by atoms with Crippen molar-refractivity contribution < 1.29 is 9.53 Å². The second-order valence-corrected chi connectivity index (χ2v) is 5.12. The van der Waals surface area contributed by atoms with Gasteiger partial charge in [-0.1, -0.05) is 6.92 Å². The van der Waals surface area contributed by atoms with E-state index in [4.69, 9.17) is 10.5 Å². The number of hydrogen-bond acceptors (Lipinski definition) is 4. The monoisotopic (exact) mass is 261 g/mol. The zero-order chi connectivity index (χ0) is 13.4. The summed E-state index contributed by atoms with van der Waals surface area (Å²) in [5.74, 6) is 0.0422. The molecule has 1 aromatic carbocycles. The number of nitrogens with two attached hydrogens (primary N) is 1. The van der Waals surface area contributed by atoms with Gasteiger partial charge in [-0.2, -0.15) is 0 Å². The Balaban J connectivity index is 1.96. The lowest BCUT2D eigenvalue weighted by Gasteiger charge is -2.37. The van der Waals surface area contributed by atoms with Gasteiger partial charge in [0.2, 0.25) is 5.91 Å². The molecule has 1 atom stereocenters. The van der Waals surface area contributed by atoms with Gasteiger partial charge in [0.25, 0.3) is 0 Å². The first-order valence-electron chi connectivity index (χ1n) is 6.75. The number of amides is 1. The largest absolute Gasteiger partial charge is 0.397 e. The summed E-state index contributed by atoms with van der Waals surface area (Å²) >= 11 is 0. The van der Waals surface area contributed by atoms with Gasteiger partial charge in [-0.05, 0) is 24.1 Å². The first-order valence-corrected chi connectivity index (χ1v) is 6.75. The molecular formula is C14H19N3O2. The van der Waals surface area contributed by atoms with E-state index in [1.165, 1.54) is 0 Å². The van der Waals surface area contributed by atoms with E-state index in [1.807, 2.05) is 12.1 Å². The number of nitrogen functional groups attached to an aromatic ring is 1. The van der Waals surface area contributed by atoms with Crippen molar-refractivity contribution in [3.63, 3.8) is 0 Å². The van der Waals surface area contributed by atoms with Gasteiger partial charge in [-0.25, -0.2) is 0 Å². The number of ether oxygens (including phenoxy) is 1. The third kappa shape index (κ3) is 2.14. The van der Waals surface area contributed by atoms with E-state index < -0.39 is 0 Å². The van der Waals surface area contributed by atoms with Crippen molar-refractivity contribution in [2.75, 3.05) is 35.7 Å². The molecule has 0 saturated carbocycles. The quantitative estimate of drug-likeness (QED) is 0.789. The highest BCUT2D eigenvalue weighted by molar-refractivity contribution is 6.01. The predicted octanol–water partition coefficient (Wildman–Crippen LogP) is 1.38. The summed E-state index contributed by atoms with van der Waals surface area (Å²) in [4.78, 5) is 13.7. The molecule has 1 fully saturated rings. The molecule has 0 bridgehead atoms. The molecule has 1 unspecified atom stereocenters. The molecule has 1 saturated heterocycles. The fourth-order valence-corrected chi connectivity index (χ4v) is 2.84. The van der Waals surface area contributed by atoms with Crippen LogP contribution in [0.15, 0.2) is 12.1 Å². The maximum atomic E-state index is 11.4. The Hall–Kier alpha value is -1.75. The molecule has 2 aliphatic rings. The van der Waals surface area contributed by atoms with Crippen molar-refractivity contribution in [2.45, 2.75) is 25.8 Å². The van der Waals surface area contributed by atoms with Crippen molar-refractivity contribution in [1.82, 2.24) is 0 Å². The number of hydrogen-bond donors (Lipinski definition) is 2. The lowest BCUT2D eigenvalue weighted by molar-refractivity contribution is -0.115. The lowest BCUT2D eigenvalue weighted by atomic mass is 10.1. The zero-order valence-electron chi connectivity index (χ0n) is 11.1. The van der Waals surface area contributed by atoms with Crippen LogP contribution in [0.1, 0.15) is 18.9 Å². The van der Waals surface area contributed by atoms with Crippen LogP contribution in [0.3, 0.4) is 0 Å². The molecule has 3 N–H and O–H groups in total. The van der Waals surface area contributed by atoms with E-state index in [9.17, 15) is 4.79 Å². The van der Waals surface area contributed by atoms with Gasteiger partial charge >= 0.3 is 0 Å². The minimum Gasteiger partial charge on any atom is -0.397 e. The number of morpholine rings is 1. The second kappa shape index (κ2) is 4.74. The summed E-state index contributed by atoms with van der Waals surface area (Å²) in [6, 6.07) is 4.28. The highest BCUT2D eigenvalue weighted by Gasteiger charge is 2.26. The molecule has 1 amide bonds. The van der Waals surface area contributed by atoms with Gasteiger partial charge < -0.3 is 20.7 Å². The molecule has 0 aliphatic carbocycles. The van der Waals surface area contributed by atoms with Gasteiger partial charge in [-0.3, -0.25) is 4.79 Å². The molecule has 0 radical (unpaired) electrons. The number of carbonyl (C=O) groups excluding carboxylic acids is 1. The van der Waals surface area contributed by atoms with E-state index in [1.54, 1.807) is 0 Å². The van der Waals surface area contributed by atoms with Crippen molar-refractivity contribution in [3.8, 4) is 0 Å². The highest BCUT2D eigenvalue weighted by Crippen LogP contribution is 2.35. The van der Waals surface area contributed by atoms with Gasteiger partial charge in [0.15, 0.2) is 0 Å². The number of anilines is 3. The normalized spacial score (nSPS) is 22.3. The van der Waals surface area contributed by atoms with Crippen LogP contribution < -0.4 is 16.0 Å². The predicted molar refractivity (Wildman–Crippen MR) is 75.4 cm³/mol. The Bertz CT molecular complexity index is 516. The van der Waals surface area contributed by atoms with Crippen LogP contribution in [0.25, 0.3) is 0 Å². The van der Waals surface area contributed by atoms with Crippen LogP contribution in [0.2, 0.25) is 0 Å². The molecule has 0 aromatic heterocycles. The van der Waals surface area contributed by atoms with Crippen molar-refractivity contribution in [1.29, 1.82) is 0 Å². The number of nitrogens with zero attached hydrogens (tertiary/aromatic N) is 1. The van der Waals surface area contributed by atoms with E-state index in [2.05, 4.69) is 17.1 Å². The summed E-state index contributed by atoms with van der Waals surface area (Å²) in [5.41, 5.74) is 9.81. The summed E-state index contributed by atoms with van der Waals surface area (Å²) in [6.07, 6.45) is 1.45. The molecule has 5 nitrogen and oxygen atoms in total. The van der Waals surface area contributed by atoms with Gasteiger partial charge in [0, 0.05) is 12.2 Å². The molecule has 2 aliphatic heterocycles. The molecule has 19 heavy (non-hydrogen) atoms. The SMILES string of the molecule is CCC1COCCN1c1cc2c(cc1N)CC(=O)N2. The summed E-state index contributed by atoms with van der Waals surface area (Å²) in [6.45, 7) is 4.45. The lowest BCUT2D eigenvalue weighted by Crippen LogP contribution is -2.45. The van der Waals surface area contributed by atoms with Crippen molar-refractivity contribution >= 4 is 23.0 Å². The number of nitrogens with one attached hydrogen (secondary N) is 1. The fraction of sp³-hybridized carbons (Fsp3) is 0.500. The summed E-state index contributed by atoms with van der Waals surface area (Å²) in [7, 11) is 0. The maximum absolute atomic E-state index is 11.4. The fourth-order valence-electron chi connectivity index (χ4n) is 2.84. The Morgan fingerprint density at radius 2 is 2.37 bits per heavy atom. The van der Waals surface area contributed by atoms with Gasteiger partial charge in [0.05, 0.1) is 37.1 Å². The smallest absolute Gasteiger partial charge is 0.228 e. The molecule has 0 spiro atoms. The number of benzene rings is 1. The Morgan fingerprint density at radius 1 is 1.53 bits per heavy atom. The molecule has 102 valence electrons. The van der Waals surface area contributed by atoms with Gasteiger partial charge in [0.1, 0.15) is 0 Å². The van der Waals surface area contributed by atoms with Crippen LogP contribution >= 0.6 is 0 Å². The van der Waals surface area contributed by atoms with E-state index in [0.29, 0.717) is 12.5 Å². The van der Waals surface area contributed by atoms with Crippen LogP contribution in [0.4, 0.5) is 17.1 Å². The second-order valence-electron chi connectivity index (χ2n) is 5.12. The molecule has 2 heterocycles. The minimum absolute atomic E-state index is 0.0422. The molecular weight excluding hydrogens is 242 g/mol. The third-order valence-corrected chi connectivity index (χ3v) is 3.89.